The maximum absolute atomic E-state index is 13.1. The van der Waals surface area contributed by atoms with Gasteiger partial charge in [-0.2, -0.15) is 0 Å². The molecule has 1 saturated carbocycles. The Morgan fingerprint density at radius 2 is 1.90 bits per heavy atom. The molecule has 1 fully saturated rings. The van der Waals surface area contributed by atoms with Gasteiger partial charge in [-0.05, 0) is 107 Å². The highest BCUT2D eigenvalue weighted by molar-refractivity contribution is 5.72. The molecule has 0 saturated heterocycles. The van der Waals surface area contributed by atoms with Crippen LogP contribution in [0.3, 0.4) is 0 Å². The number of aryl methyl sites for hydroxylation is 1. The fourth-order valence-corrected chi connectivity index (χ4v) is 5.15. The highest BCUT2D eigenvalue weighted by atomic mass is 19.3. The van der Waals surface area contributed by atoms with Crippen molar-refractivity contribution in [2.45, 2.75) is 58.0 Å². The van der Waals surface area contributed by atoms with Gasteiger partial charge in [-0.3, -0.25) is 9.78 Å². The van der Waals surface area contributed by atoms with E-state index in [1.807, 2.05) is 32.2 Å². The predicted octanol–water partition coefficient (Wildman–Crippen LogP) is 5.69. The molecule has 3 heterocycles. The lowest BCUT2D eigenvalue weighted by atomic mass is 9.73. The van der Waals surface area contributed by atoms with Crippen LogP contribution in [0.1, 0.15) is 62.3 Å². The molecule has 10 heteroatoms. The molecule has 4 rings (SSSR count). The van der Waals surface area contributed by atoms with Gasteiger partial charge >= 0.3 is 5.97 Å². The van der Waals surface area contributed by atoms with Crippen molar-refractivity contribution >= 4 is 17.6 Å². The van der Waals surface area contributed by atoms with Crippen LogP contribution in [0.25, 0.3) is 11.3 Å². The smallest absolute Gasteiger partial charge is 0.308 e. The zero-order valence-corrected chi connectivity index (χ0v) is 23.2. The second-order valence-electron chi connectivity index (χ2n) is 10.6. The van der Waals surface area contributed by atoms with Gasteiger partial charge in [-0.1, -0.05) is 0 Å². The maximum atomic E-state index is 13.1. The number of esters is 1. The number of nitrogens with one attached hydrogen (secondary N) is 2. The summed E-state index contributed by atoms with van der Waals surface area (Å²) in [6.45, 7) is 4.93. The summed E-state index contributed by atoms with van der Waals surface area (Å²) in [6.07, 6.45) is 4.00. The lowest BCUT2D eigenvalue weighted by Gasteiger charge is -2.37. The van der Waals surface area contributed by atoms with Crippen molar-refractivity contribution in [2.75, 3.05) is 25.5 Å². The Hall–Kier alpha value is -3.50. The fourth-order valence-electron chi connectivity index (χ4n) is 5.15. The number of carbonyl (C=O) groups excluding carboxylic acids is 1. The molecule has 8 nitrogen and oxygen atoms in total. The number of hydrogen-bond acceptors (Lipinski definition) is 8. The minimum atomic E-state index is -2.59. The van der Waals surface area contributed by atoms with Crippen LogP contribution in [0, 0.1) is 18.8 Å². The van der Waals surface area contributed by atoms with Crippen LogP contribution >= 0.6 is 0 Å². The Kier molecular flexibility index (Phi) is 9.76. The first-order valence-electron chi connectivity index (χ1n) is 13.7. The molecule has 40 heavy (non-hydrogen) atoms. The largest absolute Gasteiger partial charge is 0.465 e. The third-order valence-corrected chi connectivity index (χ3v) is 7.51. The van der Waals surface area contributed by atoms with Crippen molar-refractivity contribution < 1.29 is 23.4 Å². The van der Waals surface area contributed by atoms with E-state index in [0.717, 1.165) is 24.1 Å². The van der Waals surface area contributed by atoms with Crippen molar-refractivity contribution in [1.29, 1.82) is 0 Å². The third kappa shape index (κ3) is 7.37. The Labute approximate surface area is 233 Å². The molecule has 0 aromatic carbocycles. The number of aromatic nitrogens is 3. The Bertz CT molecular complexity index is 1280. The van der Waals surface area contributed by atoms with Crippen LogP contribution in [0.2, 0.25) is 0 Å². The summed E-state index contributed by atoms with van der Waals surface area (Å²) < 4.78 is 31.5. The fraction of sp³-hybridized carbons (Fsp3) is 0.467. The second kappa shape index (κ2) is 13.2. The van der Waals surface area contributed by atoms with E-state index in [0.29, 0.717) is 49.5 Å². The van der Waals surface area contributed by atoms with Crippen molar-refractivity contribution in [3.05, 3.63) is 65.6 Å². The molecule has 0 amide bonds. The molecule has 1 aliphatic carbocycles. The van der Waals surface area contributed by atoms with E-state index < -0.39 is 12.0 Å². The second-order valence-corrected chi connectivity index (χ2v) is 10.6. The summed E-state index contributed by atoms with van der Waals surface area (Å²) in [5.74, 6) is 0.461. The van der Waals surface area contributed by atoms with Crippen molar-refractivity contribution in [1.82, 2.24) is 20.3 Å². The van der Waals surface area contributed by atoms with E-state index >= 15 is 0 Å². The number of nitrogens with zero attached hydrogens (tertiary/aromatic N) is 3. The van der Waals surface area contributed by atoms with Gasteiger partial charge < -0.3 is 20.5 Å². The van der Waals surface area contributed by atoms with E-state index in [1.165, 1.54) is 18.3 Å². The highest BCUT2D eigenvalue weighted by Crippen LogP contribution is 2.41. The first-order valence-corrected chi connectivity index (χ1v) is 13.7. The number of halogens is 2. The van der Waals surface area contributed by atoms with Gasteiger partial charge in [0.2, 0.25) is 0 Å². The maximum Gasteiger partial charge on any atom is 0.308 e. The summed E-state index contributed by atoms with van der Waals surface area (Å²) in [7, 11) is 1.87. The average Bonchev–Trinajstić information content (AvgIpc) is 2.95. The number of hydrogen-bond donors (Lipinski definition) is 3. The Balaban J connectivity index is 1.40. The standard InChI is InChI=1S/C30H37F2N5O3/c1-19-15-24(36-27(16-19)37-26-17-21(28(31)32)11-13-34-26)22-7-10-25(35-18-22)30(2,39)23-8-5-20(6-9-23)29(38)40-14-4-12-33-3/h7,10-11,13,15-18,20,23,28,33,39H,4-6,8-9,12,14H2,1-3H3,(H,34,36,37)/t20-,23-,30-/m1/s1. The van der Waals surface area contributed by atoms with Crippen molar-refractivity contribution in [3.8, 4) is 11.3 Å². The number of anilines is 2. The molecule has 0 unspecified atom stereocenters. The molecule has 214 valence electrons. The molecular formula is C30H37F2N5O3. The van der Waals surface area contributed by atoms with Crippen molar-refractivity contribution in [2.24, 2.45) is 11.8 Å². The monoisotopic (exact) mass is 553 g/mol. The minimum Gasteiger partial charge on any atom is -0.465 e. The lowest BCUT2D eigenvalue weighted by Crippen LogP contribution is -2.37. The lowest BCUT2D eigenvalue weighted by molar-refractivity contribution is -0.151. The van der Waals surface area contributed by atoms with Gasteiger partial charge in [0.15, 0.2) is 0 Å². The van der Waals surface area contributed by atoms with E-state index in [4.69, 9.17) is 4.74 Å². The number of rotatable bonds is 11. The van der Waals surface area contributed by atoms with Gasteiger partial charge in [-0.15, -0.1) is 0 Å². The van der Waals surface area contributed by atoms with E-state index in [9.17, 15) is 18.7 Å². The molecular weight excluding hydrogens is 516 g/mol. The first-order chi connectivity index (χ1) is 19.2. The molecule has 0 radical (unpaired) electrons. The summed E-state index contributed by atoms with van der Waals surface area (Å²) in [4.78, 5) is 25.7. The molecule has 3 aromatic rings. The SMILES string of the molecule is CNCCCOC(=O)[C@H]1CC[C@H]([C@@](C)(O)c2ccc(-c3cc(C)cc(Nc4cc(C(F)F)ccn4)n3)cn2)CC1. The first kappa shape index (κ1) is 29.5. The number of pyridine rings is 3. The zero-order chi connectivity index (χ0) is 28.7. The zero-order valence-electron chi connectivity index (χ0n) is 23.2. The van der Waals surface area contributed by atoms with Crippen LogP contribution in [-0.4, -0.2) is 46.2 Å². The molecule has 1 aliphatic rings. The van der Waals surface area contributed by atoms with Crippen LogP contribution in [0.15, 0.2) is 48.8 Å². The van der Waals surface area contributed by atoms with Gasteiger partial charge in [0.05, 0.1) is 23.9 Å². The number of alkyl halides is 2. The summed E-state index contributed by atoms with van der Waals surface area (Å²) >= 11 is 0. The van der Waals surface area contributed by atoms with Gasteiger partial charge in [0, 0.05) is 23.5 Å². The number of aliphatic hydroxyl groups is 1. The molecule has 3 N–H and O–H groups in total. The molecule has 0 spiro atoms. The molecule has 3 aromatic heterocycles. The molecule has 0 bridgehead atoms. The summed E-state index contributed by atoms with van der Waals surface area (Å²) in [5, 5.41) is 17.5. The third-order valence-electron chi connectivity index (χ3n) is 7.51. The average molecular weight is 554 g/mol. The van der Waals surface area contributed by atoms with E-state index in [-0.39, 0.29) is 29.2 Å². The minimum absolute atomic E-state index is 0.0245. The quantitative estimate of drug-likeness (QED) is 0.205. The van der Waals surface area contributed by atoms with E-state index in [1.54, 1.807) is 19.2 Å². The van der Waals surface area contributed by atoms with Gasteiger partial charge in [0.1, 0.15) is 17.2 Å². The van der Waals surface area contributed by atoms with Crippen LogP contribution < -0.4 is 10.6 Å². The highest BCUT2D eigenvalue weighted by Gasteiger charge is 2.39. The number of carbonyl (C=O) groups is 1. The Morgan fingerprint density at radius 3 is 2.58 bits per heavy atom. The summed E-state index contributed by atoms with van der Waals surface area (Å²) in [6, 6.07) is 9.97. The normalized spacial score (nSPS) is 18.8. The Morgan fingerprint density at radius 1 is 1.12 bits per heavy atom. The van der Waals surface area contributed by atoms with E-state index in [2.05, 4.69) is 25.6 Å². The van der Waals surface area contributed by atoms with Crippen LogP contribution in [-0.2, 0) is 15.1 Å². The molecule has 1 atom stereocenters. The van der Waals surface area contributed by atoms with Crippen LogP contribution in [0.4, 0.5) is 20.4 Å². The predicted molar refractivity (Wildman–Crippen MR) is 149 cm³/mol. The van der Waals surface area contributed by atoms with Gasteiger partial charge in [-0.25, -0.2) is 18.7 Å². The van der Waals surface area contributed by atoms with Crippen LogP contribution in [0.5, 0.6) is 0 Å². The number of ether oxygens (including phenoxy) is 1. The summed E-state index contributed by atoms with van der Waals surface area (Å²) in [5.41, 5.74) is 1.63. The topological polar surface area (TPSA) is 109 Å². The molecule has 0 aliphatic heterocycles. The van der Waals surface area contributed by atoms with Gasteiger partial charge in [0.25, 0.3) is 6.43 Å². The van der Waals surface area contributed by atoms with Crippen molar-refractivity contribution in [3.63, 3.8) is 0 Å².